The van der Waals surface area contributed by atoms with Gasteiger partial charge < -0.3 is 5.32 Å². The number of anilines is 1. The lowest BCUT2D eigenvalue weighted by atomic mass is 10.3. The van der Waals surface area contributed by atoms with E-state index < -0.39 is 10.8 Å². The highest BCUT2D eigenvalue weighted by molar-refractivity contribution is 7.86. The van der Waals surface area contributed by atoms with Crippen LogP contribution in [0.25, 0.3) is 0 Å². The molecule has 0 fully saturated rings. The Hall–Kier alpha value is -1.43. The van der Waals surface area contributed by atoms with Gasteiger partial charge in [0.05, 0.1) is 0 Å². The second-order valence-electron chi connectivity index (χ2n) is 4.76. The van der Waals surface area contributed by atoms with Crippen LogP contribution in [-0.2, 0) is 10.8 Å². The standard InChI is InChI=1S/C12H19N3O2S/c1-12(2,3)18(17)9-8-14-11(16)15-10-6-4-5-7-13-10/h4-7H,8-9H2,1-3H3,(H2,13,14,15,16)/t18-/m1/s1. The average molecular weight is 269 g/mol. The molecule has 0 saturated carbocycles. The molecule has 0 radical (unpaired) electrons. The molecule has 6 heteroatoms. The Labute approximate surface area is 110 Å². The maximum Gasteiger partial charge on any atom is 0.320 e. The van der Waals surface area contributed by atoms with E-state index in [4.69, 9.17) is 0 Å². The SMILES string of the molecule is CC(C)(C)[S@](=O)CCNC(=O)Nc1ccccn1. The van der Waals surface area contributed by atoms with E-state index in [1.165, 1.54) is 0 Å². The summed E-state index contributed by atoms with van der Waals surface area (Å²) in [6.07, 6.45) is 1.60. The van der Waals surface area contributed by atoms with Gasteiger partial charge in [-0.2, -0.15) is 0 Å². The van der Waals surface area contributed by atoms with Gasteiger partial charge in [0, 0.05) is 34.0 Å². The van der Waals surface area contributed by atoms with Crippen LogP contribution >= 0.6 is 0 Å². The summed E-state index contributed by atoms with van der Waals surface area (Å²) >= 11 is 0. The van der Waals surface area contributed by atoms with Crippen molar-refractivity contribution in [2.75, 3.05) is 17.6 Å². The summed E-state index contributed by atoms with van der Waals surface area (Å²) in [5.41, 5.74) is 0. The first kappa shape index (κ1) is 14.6. The molecule has 1 atom stereocenters. The molecule has 0 aliphatic heterocycles. The van der Waals surface area contributed by atoms with E-state index in [1.807, 2.05) is 20.8 Å². The monoisotopic (exact) mass is 269 g/mol. The molecular weight excluding hydrogens is 250 g/mol. The van der Waals surface area contributed by atoms with Crippen molar-refractivity contribution in [1.82, 2.24) is 10.3 Å². The van der Waals surface area contributed by atoms with Gasteiger partial charge >= 0.3 is 6.03 Å². The van der Waals surface area contributed by atoms with Gasteiger partial charge in [-0.25, -0.2) is 9.78 Å². The number of nitrogens with zero attached hydrogens (tertiary/aromatic N) is 1. The Balaban J connectivity index is 2.28. The third-order valence-corrected chi connectivity index (χ3v) is 4.10. The molecule has 0 saturated heterocycles. The first-order valence-corrected chi connectivity index (χ1v) is 7.06. The lowest BCUT2D eigenvalue weighted by Gasteiger charge is -2.17. The van der Waals surface area contributed by atoms with Crippen molar-refractivity contribution in [1.29, 1.82) is 0 Å². The van der Waals surface area contributed by atoms with E-state index in [9.17, 15) is 9.00 Å². The molecule has 1 aromatic rings. The molecule has 2 N–H and O–H groups in total. The lowest BCUT2D eigenvalue weighted by Crippen LogP contribution is -2.35. The van der Waals surface area contributed by atoms with Crippen LogP contribution in [0.3, 0.4) is 0 Å². The van der Waals surface area contributed by atoms with Crippen LogP contribution in [0.2, 0.25) is 0 Å². The summed E-state index contributed by atoms with van der Waals surface area (Å²) in [4.78, 5) is 15.5. The Bertz CT molecular complexity index is 415. The Morgan fingerprint density at radius 2 is 2.11 bits per heavy atom. The second-order valence-corrected chi connectivity index (χ2v) is 7.08. The van der Waals surface area contributed by atoms with E-state index in [-0.39, 0.29) is 10.8 Å². The smallest absolute Gasteiger partial charge is 0.320 e. The maximum atomic E-state index is 11.7. The summed E-state index contributed by atoms with van der Waals surface area (Å²) in [6, 6.07) is 4.93. The molecule has 5 nitrogen and oxygen atoms in total. The average Bonchev–Trinajstić information content (AvgIpc) is 2.28. The van der Waals surface area contributed by atoms with Crippen molar-refractivity contribution in [3.63, 3.8) is 0 Å². The Morgan fingerprint density at radius 1 is 1.39 bits per heavy atom. The van der Waals surface area contributed by atoms with Crippen LogP contribution < -0.4 is 10.6 Å². The molecule has 2 amide bonds. The number of amides is 2. The number of hydrogen-bond donors (Lipinski definition) is 2. The van der Waals surface area contributed by atoms with Crippen LogP contribution in [0.15, 0.2) is 24.4 Å². The number of carbonyl (C=O) groups is 1. The summed E-state index contributed by atoms with van der Waals surface area (Å²) in [5, 5.41) is 5.25. The normalized spacial score (nSPS) is 12.8. The number of carbonyl (C=O) groups excluding carboxylic acids is 1. The number of pyridine rings is 1. The first-order valence-electron chi connectivity index (χ1n) is 5.74. The summed E-state index contributed by atoms with van der Waals surface area (Å²) < 4.78 is 11.5. The minimum atomic E-state index is -0.958. The van der Waals surface area contributed by atoms with Gasteiger partial charge in [-0.1, -0.05) is 6.07 Å². The molecule has 0 spiro atoms. The van der Waals surface area contributed by atoms with Crippen molar-refractivity contribution >= 4 is 22.6 Å². The highest BCUT2D eigenvalue weighted by Gasteiger charge is 2.18. The number of aromatic nitrogens is 1. The van der Waals surface area contributed by atoms with Gasteiger partial charge in [0.1, 0.15) is 5.82 Å². The van der Waals surface area contributed by atoms with Crippen molar-refractivity contribution in [3.8, 4) is 0 Å². The zero-order valence-corrected chi connectivity index (χ0v) is 11.7. The highest BCUT2D eigenvalue weighted by Crippen LogP contribution is 2.10. The zero-order chi connectivity index (χ0) is 13.6. The van der Waals surface area contributed by atoms with E-state index in [2.05, 4.69) is 15.6 Å². The first-order chi connectivity index (χ1) is 8.39. The van der Waals surface area contributed by atoms with Crippen LogP contribution in [0.5, 0.6) is 0 Å². The zero-order valence-electron chi connectivity index (χ0n) is 10.9. The van der Waals surface area contributed by atoms with E-state index in [0.717, 1.165) is 0 Å². The molecule has 0 unspecified atom stereocenters. The van der Waals surface area contributed by atoms with Gasteiger partial charge in [-0.3, -0.25) is 9.53 Å². The summed E-state index contributed by atoms with van der Waals surface area (Å²) in [6.45, 7) is 6.12. The molecule has 0 aromatic carbocycles. The number of urea groups is 1. The van der Waals surface area contributed by atoms with E-state index >= 15 is 0 Å². The van der Waals surface area contributed by atoms with Crippen molar-refractivity contribution in [2.45, 2.75) is 25.5 Å². The Morgan fingerprint density at radius 3 is 2.67 bits per heavy atom. The molecule has 1 aromatic heterocycles. The topological polar surface area (TPSA) is 71.1 Å². The fraction of sp³-hybridized carbons (Fsp3) is 0.500. The minimum absolute atomic E-state index is 0.251. The molecule has 100 valence electrons. The quantitative estimate of drug-likeness (QED) is 0.874. The van der Waals surface area contributed by atoms with Gasteiger partial charge in [-0.05, 0) is 32.9 Å². The predicted octanol–water partition coefficient (Wildman–Crippen LogP) is 1.75. The third-order valence-electron chi connectivity index (χ3n) is 2.16. The van der Waals surface area contributed by atoms with E-state index in [1.54, 1.807) is 24.4 Å². The van der Waals surface area contributed by atoms with Crippen LogP contribution in [-0.4, -0.2) is 32.3 Å². The highest BCUT2D eigenvalue weighted by atomic mass is 32.2. The Kier molecular flexibility index (Phi) is 5.27. The maximum absolute atomic E-state index is 11.7. The predicted molar refractivity (Wildman–Crippen MR) is 74.0 cm³/mol. The lowest BCUT2D eigenvalue weighted by molar-refractivity contribution is 0.252. The number of rotatable bonds is 4. The van der Waals surface area contributed by atoms with Crippen molar-refractivity contribution in [3.05, 3.63) is 24.4 Å². The van der Waals surface area contributed by atoms with Crippen molar-refractivity contribution < 1.29 is 9.00 Å². The summed E-state index contributed by atoms with van der Waals surface area (Å²) in [7, 11) is -0.958. The van der Waals surface area contributed by atoms with Gasteiger partial charge in [0.15, 0.2) is 0 Å². The molecule has 1 rings (SSSR count). The van der Waals surface area contributed by atoms with Gasteiger partial charge in [0.25, 0.3) is 0 Å². The molecule has 0 bridgehead atoms. The van der Waals surface area contributed by atoms with E-state index in [0.29, 0.717) is 18.1 Å². The van der Waals surface area contributed by atoms with Gasteiger partial charge in [0.2, 0.25) is 0 Å². The molecule has 1 heterocycles. The van der Waals surface area contributed by atoms with Crippen LogP contribution in [0, 0.1) is 0 Å². The number of hydrogen-bond acceptors (Lipinski definition) is 3. The molecular formula is C12H19N3O2S. The fourth-order valence-corrected chi connectivity index (χ4v) is 2.06. The molecule has 0 aliphatic carbocycles. The third kappa shape index (κ3) is 5.27. The minimum Gasteiger partial charge on any atom is -0.337 e. The number of nitrogens with one attached hydrogen (secondary N) is 2. The molecule has 18 heavy (non-hydrogen) atoms. The van der Waals surface area contributed by atoms with Crippen LogP contribution in [0.1, 0.15) is 20.8 Å². The molecule has 0 aliphatic rings. The van der Waals surface area contributed by atoms with Gasteiger partial charge in [-0.15, -0.1) is 0 Å². The fourth-order valence-electron chi connectivity index (χ4n) is 1.16. The summed E-state index contributed by atoms with van der Waals surface area (Å²) in [5.74, 6) is 0.936. The van der Waals surface area contributed by atoms with Crippen LogP contribution in [0.4, 0.5) is 10.6 Å². The second kappa shape index (κ2) is 6.49. The van der Waals surface area contributed by atoms with Crippen molar-refractivity contribution in [2.24, 2.45) is 0 Å². The largest absolute Gasteiger partial charge is 0.337 e.